The van der Waals surface area contributed by atoms with E-state index in [1.807, 2.05) is 38.1 Å². The highest BCUT2D eigenvalue weighted by atomic mass is 16.5. The van der Waals surface area contributed by atoms with Crippen molar-refractivity contribution in [2.45, 2.75) is 20.4 Å². The molecule has 0 radical (unpaired) electrons. The Balaban J connectivity index is 2.76. The van der Waals surface area contributed by atoms with E-state index in [9.17, 15) is 4.79 Å². The van der Waals surface area contributed by atoms with Gasteiger partial charge in [0.15, 0.2) is 0 Å². The number of para-hydroxylation sites is 1. The molecule has 0 unspecified atom stereocenters. The maximum absolute atomic E-state index is 11.6. The molecule has 0 spiro atoms. The smallest absolute Gasteiger partial charge is 0.246 e. The summed E-state index contributed by atoms with van der Waals surface area (Å²) in [5.74, 6) is 0.842. The zero-order valence-electron chi connectivity index (χ0n) is 10.6. The Hall–Kier alpha value is -1.77. The summed E-state index contributed by atoms with van der Waals surface area (Å²) >= 11 is 0. The summed E-state index contributed by atoms with van der Waals surface area (Å²) < 4.78 is 5.52. The van der Waals surface area contributed by atoms with Gasteiger partial charge in [-0.2, -0.15) is 0 Å². The maximum Gasteiger partial charge on any atom is 0.246 e. The van der Waals surface area contributed by atoms with Crippen molar-refractivity contribution in [2.75, 3.05) is 13.7 Å². The number of ether oxygens (including phenoxy) is 1. The number of benzene rings is 1. The second-order valence-electron chi connectivity index (χ2n) is 3.74. The fraction of sp³-hybridized carbons (Fsp3) is 0.357. The number of amides is 1. The van der Waals surface area contributed by atoms with Crippen molar-refractivity contribution in [2.24, 2.45) is 0 Å². The average molecular weight is 233 g/mol. The van der Waals surface area contributed by atoms with Crippen molar-refractivity contribution >= 4 is 5.91 Å². The van der Waals surface area contributed by atoms with Crippen LogP contribution >= 0.6 is 0 Å². The normalized spacial score (nSPS) is 10.5. The Morgan fingerprint density at radius 1 is 1.41 bits per heavy atom. The van der Waals surface area contributed by atoms with Gasteiger partial charge in [0.1, 0.15) is 5.75 Å². The molecular weight excluding hydrogens is 214 g/mol. The summed E-state index contributed by atoms with van der Waals surface area (Å²) in [5, 5.41) is 0. The number of carbonyl (C=O) groups is 1. The first-order valence-corrected chi connectivity index (χ1v) is 5.77. The third kappa shape index (κ3) is 3.94. The van der Waals surface area contributed by atoms with Crippen molar-refractivity contribution in [3.05, 3.63) is 42.0 Å². The lowest BCUT2D eigenvalue weighted by Crippen LogP contribution is -2.24. The average Bonchev–Trinajstić information content (AvgIpc) is 2.32. The molecule has 0 aromatic heterocycles. The Bertz CT molecular complexity index is 399. The topological polar surface area (TPSA) is 29.5 Å². The van der Waals surface area contributed by atoms with Gasteiger partial charge >= 0.3 is 0 Å². The highest BCUT2D eigenvalue weighted by Crippen LogP contribution is 2.19. The van der Waals surface area contributed by atoms with Crippen molar-refractivity contribution < 1.29 is 9.53 Å². The van der Waals surface area contributed by atoms with Crippen LogP contribution in [0.1, 0.15) is 19.4 Å². The molecule has 1 amide bonds. The predicted molar refractivity (Wildman–Crippen MR) is 68.9 cm³/mol. The lowest BCUT2D eigenvalue weighted by Gasteiger charge is -2.17. The van der Waals surface area contributed by atoms with Gasteiger partial charge in [-0.1, -0.05) is 24.3 Å². The minimum absolute atomic E-state index is 0.00111. The van der Waals surface area contributed by atoms with E-state index in [-0.39, 0.29) is 5.91 Å². The molecule has 0 saturated carbocycles. The summed E-state index contributed by atoms with van der Waals surface area (Å²) in [6.45, 7) is 4.97. The lowest BCUT2D eigenvalue weighted by atomic mass is 10.2. The zero-order valence-corrected chi connectivity index (χ0v) is 10.6. The highest BCUT2D eigenvalue weighted by Gasteiger charge is 2.09. The van der Waals surface area contributed by atoms with Crippen LogP contribution in [-0.4, -0.2) is 24.5 Å². The van der Waals surface area contributed by atoms with E-state index in [0.29, 0.717) is 13.2 Å². The number of hydrogen-bond acceptors (Lipinski definition) is 2. The first-order valence-electron chi connectivity index (χ1n) is 5.77. The summed E-state index contributed by atoms with van der Waals surface area (Å²) in [5.41, 5.74) is 1.02. The maximum atomic E-state index is 11.6. The SMILES string of the molecule is CC=CC(=O)N(C)Cc1ccccc1OCC. The van der Waals surface area contributed by atoms with Gasteiger partial charge in [0, 0.05) is 19.2 Å². The molecule has 17 heavy (non-hydrogen) atoms. The Labute approximate surface area is 103 Å². The van der Waals surface area contributed by atoms with Crippen LogP contribution in [0.4, 0.5) is 0 Å². The second-order valence-corrected chi connectivity index (χ2v) is 3.74. The van der Waals surface area contributed by atoms with Crippen molar-refractivity contribution in [1.29, 1.82) is 0 Å². The van der Waals surface area contributed by atoms with Crippen molar-refractivity contribution in [3.63, 3.8) is 0 Å². The Morgan fingerprint density at radius 2 is 2.12 bits per heavy atom. The molecule has 0 N–H and O–H groups in total. The fourth-order valence-electron chi connectivity index (χ4n) is 1.53. The number of hydrogen-bond donors (Lipinski definition) is 0. The lowest BCUT2D eigenvalue weighted by molar-refractivity contribution is -0.125. The van der Waals surface area contributed by atoms with E-state index >= 15 is 0 Å². The van der Waals surface area contributed by atoms with Gasteiger partial charge in [0.25, 0.3) is 0 Å². The van der Waals surface area contributed by atoms with Gasteiger partial charge in [0.05, 0.1) is 6.61 Å². The molecule has 3 heteroatoms. The van der Waals surface area contributed by atoms with E-state index in [1.165, 1.54) is 0 Å². The van der Waals surface area contributed by atoms with Crippen LogP contribution < -0.4 is 4.74 Å². The first kappa shape index (κ1) is 13.3. The molecular formula is C14H19NO2. The molecule has 3 nitrogen and oxygen atoms in total. The molecule has 92 valence electrons. The summed E-state index contributed by atoms with van der Waals surface area (Å²) in [7, 11) is 1.78. The predicted octanol–water partition coefficient (Wildman–Crippen LogP) is 2.62. The van der Waals surface area contributed by atoms with E-state index in [2.05, 4.69) is 0 Å². The van der Waals surface area contributed by atoms with Crippen LogP contribution in [0.5, 0.6) is 5.75 Å². The Kier molecular flexibility index (Phi) is 5.27. The van der Waals surface area contributed by atoms with Crippen molar-refractivity contribution in [3.8, 4) is 5.75 Å². The van der Waals surface area contributed by atoms with Gasteiger partial charge in [-0.3, -0.25) is 4.79 Å². The van der Waals surface area contributed by atoms with Crippen LogP contribution in [0.3, 0.4) is 0 Å². The number of allylic oxidation sites excluding steroid dienone is 1. The largest absolute Gasteiger partial charge is 0.494 e. The van der Waals surface area contributed by atoms with Crippen LogP contribution in [0.15, 0.2) is 36.4 Å². The third-order valence-corrected chi connectivity index (χ3v) is 2.37. The van der Waals surface area contributed by atoms with E-state index < -0.39 is 0 Å². The van der Waals surface area contributed by atoms with Gasteiger partial charge in [-0.05, 0) is 26.0 Å². The first-order chi connectivity index (χ1) is 8.19. The van der Waals surface area contributed by atoms with Gasteiger partial charge in [-0.15, -0.1) is 0 Å². The summed E-state index contributed by atoms with van der Waals surface area (Å²) in [6, 6.07) is 7.78. The van der Waals surface area contributed by atoms with Crippen LogP contribution in [0.25, 0.3) is 0 Å². The van der Waals surface area contributed by atoms with Gasteiger partial charge < -0.3 is 9.64 Å². The molecule has 0 heterocycles. The number of rotatable bonds is 5. The molecule has 0 bridgehead atoms. The molecule has 0 aliphatic heterocycles. The fourth-order valence-corrected chi connectivity index (χ4v) is 1.53. The van der Waals surface area contributed by atoms with Crippen LogP contribution in [0, 0.1) is 0 Å². The number of nitrogens with zero attached hydrogens (tertiary/aromatic N) is 1. The monoisotopic (exact) mass is 233 g/mol. The third-order valence-electron chi connectivity index (χ3n) is 2.37. The molecule has 0 aliphatic carbocycles. The minimum Gasteiger partial charge on any atom is -0.494 e. The summed E-state index contributed by atoms with van der Waals surface area (Å²) in [4.78, 5) is 13.3. The van der Waals surface area contributed by atoms with Crippen molar-refractivity contribution in [1.82, 2.24) is 4.90 Å². The molecule has 0 fully saturated rings. The van der Waals surface area contributed by atoms with Gasteiger partial charge in [0.2, 0.25) is 5.91 Å². The standard InChI is InChI=1S/C14H19NO2/c1-4-8-14(16)15(3)11-12-9-6-7-10-13(12)17-5-2/h4,6-10H,5,11H2,1-3H3. The van der Waals surface area contributed by atoms with E-state index in [4.69, 9.17) is 4.74 Å². The van der Waals surface area contributed by atoms with E-state index in [0.717, 1.165) is 11.3 Å². The quantitative estimate of drug-likeness (QED) is 0.732. The molecule has 0 aliphatic rings. The van der Waals surface area contributed by atoms with E-state index in [1.54, 1.807) is 24.1 Å². The Morgan fingerprint density at radius 3 is 2.76 bits per heavy atom. The minimum atomic E-state index is -0.00111. The van der Waals surface area contributed by atoms with Crippen LogP contribution in [0.2, 0.25) is 0 Å². The summed E-state index contributed by atoms with van der Waals surface area (Å²) in [6.07, 6.45) is 3.30. The molecule has 1 aromatic rings. The second kappa shape index (κ2) is 6.74. The number of carbonyl (C=O) groups excluding carboxylic acids is 1. The van der Waals surface area contributed by atoms with Gasteiger partial charge in [-0.25, -0.2) is 0 Å². The molecule has 0 atom stereocenters. The molecule has 1 rings (SSSR count). The number of likely N-dealkylation sites (N-methyl/N-ethyl adjacent to an activating group) is 1. The molecule has 0 saturated heterocycles. The van der Waals surface area contributed by atoms with Crippen LogP contribution in [-0.2, 0) is 11.3 Å². The zero-order chi connectivity index (χ0) is 12.7. The molecule has 1 aromatic carbocycles. The highest BCUT2D eigenvalue weighted by molar-refractivity contribution is 5.87.